The first-order valence-electron chi connectivity index (χ1n) is 11.1. The molecule has 1 saturated heterocycles. The van der Waals surface area contributed by atoms with Gasteiger partial charge in [0, 0.05) is 37.0 Å². The SMILES string of the molecule is CNNC1C=C(N2CN(c3ncc(Cl)s3)c3cc(C(=O)N4CCC(F)(F)C4)[nH]c32)C=CC1CC=O. The fraction of sp³-hybridized carbons (Fsp3) is 0.409. The average Bonchev–Trinajstić information content (AvgIpc) is 3.58. The highest BCUT2D eigenvalue weighted by atomic mass is 35.5. The molecule has 35 heavy (non-hydrogen) atoms. The lowest BCUT2D eigenvalue weighted by Crippen LogP contribution is -2.43. The number of anilines is 3. The number of aldehydes is 1. The van der Waals surface area contributed by atoms with E-state index in [1.54, 1.807) is 19.3 Å². The van der Waals surface area contributed by atoms with Crippen molar-refractivity contribution < 1.29 is 18.4 Å². The largest absolute Gasteiger partial charge is 0.335 e. The zero-order valence-electron chi connectivity index (χ0n) is 18.8. The van der Waals surface area contributed by atoms with Crippen LogP contribution in [0.25, 0.3) is 0 Å². The minimum atomic E-state index is -2.87. The van der Waals surface area contributed by atoms with Crippen LogP contribution in [0.2, 0.25) is 4.34 Å². The summed E-state index contributed by atoms with van der Waals surface area (Å²) in [5, 5.41) is 0.647. The Morgan fingerprint density at radius 3 is 2.91 bits per heavy atom. The molecule has 1 amide bonds. The molecule has 0 aromatic carbocycles. The van der Waals surface area contributed by atoms with Crippen LogP contribution in [0.4, 0.5) is 25.4 Å². The number of rotatable bonds is 7. The number of nitrogens with one attached hydrogen (secondary N) is 3. The molecular formula is C22H24ClF2N7O2S. The van der Waals surface area contributed by atoms with Crippen molar-refractivity contribution in [3.05, 3.63) is 46.2 Å². The molecule has 3 aliphatic rings. The molecule has 0 radical (unpaired) electrons. The highest BCUT2D eigenvalue weighted by Gasteiger charge is 2.42. The van der Waals surface area contributed by atoms with Gasteiger partial charge in [0.1, 0.15) is 28.8 Å². The van der Waals surface area contributed by atoms with Gasteiger partial charge in [-0.1, -0.05) is 29.0 Å². The van der Waals surface area contributed by atoms with Crippen LogP contribution in [0.3, 0.4) is 0 Å². The van der Waals surface area contributed by atoms with Crippen LogP contribution < -0.4 is 20.7 Å². The Bertz CT molecular complexity index is 1200. The number of carbonyl (C=O) groups is 2. The molecule has 1 fully saturated rings. The Hall–Kier alpha value is -2.80. The Labute approximate surface area is 209 Å². The molecule has 1 aliphatic carbocycles. The van der Waals surface area contributed by atoms with Crippen molar-refractivity contribution in [1.82, 2.24) is 25.7 Å². The summed E-state index contributed by atoms with van der Waals surface area (Å²) in [7, 11) is 1.76. The summed E-state index contributed by atoms with van der Waals surface area (Å²) in [6.07, 6.45) is 8.41. The van der Waals surface area contributed by atoms with Crippen molar-refractivity contribution in [3.8, 4) is 0 Å². The topological polar surface area (TPSA) is 96.6 Å². The van der Waals surface area contributed by atoms with Gasteiger partial charge in [0.25, 0.3) is 11.8 Å². The van der Waals surface area contributed by atoms with Crippen LogP contribution in [0.15, 0.2) is 36.2 Å². The summed E-state index contributed by atoms with van der Waals surface area (Å²) >= 11 is 7.43. The third kappa shape index (κ3) is 4.58. The van der Waals surface area contributed by atoms with Gasteiger partial charge >= 0.3 is 0 Å². The van der Waals surface area contributed by atoms with E-state index in [0.29, 0.717) is 34.1 Å². The molecule has 2 unspecified atom stereocenters. The Morgan fingerprint density at radius 1 is 1.43 bits per heavy atom. The molecule has 5 rings (SSSR count). The van der Waals surface area contributed by atoms with E-state index in [1.165, 1.54) is 16.2 Å². The number of fused-ring (bicyclic) bond motifs is 1. The van der Waals surface area contributed by atoms with Gasteiger partial charge in [-0.2, -0.15) is 0 Å². The number of alkyl halides is 2. The maximum Gasteiger partial charge on any atom is 0.270 e. The molecule has 2 aliphatic heterocycles. The Balaban J connectivity index is 1.49. The van der Waals surface area contributed by atoms with Crippen LogP contribution in [-0.4, -0.2) is 65.8 Å². The number of halogens is 3. The van der Waals surface area contributed by atoms with E-state index in [2.05, 4.69) is 20.8 Å². The number of nitrogens with zero attached hydrogens (tertiary/aromatic N) is 4. The van der Waals surface area contributed by atoms with Gasteiger partial charge < -0.3 is 19.6 Å². The van der Waals surface area contributed by atoms with E-state index in [-0.39, 0.29) is 30.6 Å². The molecule has 0 spiro atoms. The molecule has 9 nitrogen and oxygen atoms in total. The highest BCUT2D eigenvalue weighted by Crippen LogP contribution is 2.45. The van der Waals surface area contributed by atoms with E-state index in [0.717, 1.165) is 12.0 Å². The monoisotopic (exact) mass is 523 g/mol. The second kappa shape index (κ2) is 9.34. The minimum absolute atomic E-state index is 0.00835. The standard InChI is InChI=1S/C22H24ClF2N7O2S/c1-26-29-15-8-14(3-2-13(15)4-7-33)31-12-32(21-27-10-18(23)35-21)17-9-16(28-19(17)31)20(34)30-6-5-22(24,25)11-30/h2-3,7-10,13,15,26,28-29H,4-6,11-12H2,1H3. The van der Waals surface area contributed by atoms with Gasteiger partial charge in [-0.25, -0.2) is 13.8 Å². The number of amides is 1. The molecular weight excluding hydrogens is 500 g/mol. The van der Waals surface area contributed by atoms with Crippen molar-refractivity contribution in [3.63, 3.8) is 0 Å². The molecule has 0 saturated carbocycles. The minimum Gasteiger partial charge on any atom is -0.335 e. The van der Waals surface area contributed by atoms with Crippen molar-refractivity contribution in [2.45, 2.75) is 24.8 Å². The molecule has 4 heterocycles. The number of likely N-dealkylation sites (tertiary alicyclic amines) is 1. The van der Waals surface area contributed by atoms with Gasteiger partial charge in [0.2, 0.25) is 0 Å². The first-order chi connectivity index (χ1) is 16.8. The van der Waals surface area contributed by atoms with Gasteiger partial charge in [-0.15, -0.1) is 0 Å². The first kappa shape index (κ1) is 23.9. The van der Waals surface area contributed by atoms with E-state index in [1.807, 2.05) is 28.0 Å². The number of hydrazine groups is 1. The molecule has 186 valence electrons. The van der Waals surface area contributed by atoms with Crippen molar-refractivity contribution in [2.24, 2.45) is 5.92 Å². The van der Waals surface area contributed by atoms with E-state index in [4.69, 9.17) is 11.6 Å². The van der Waals surface area contributed by atoms with Gasteiger partial charge in [-0.05, 0) is 25.3 Å². The third-order valence-corrected chi connectivity index (χ3v) is 7.46. The summed E-state index contributed by atoms with van der Waals surface area (Å²) in [6.45, 7) is -0.176. The number of allylic oxidation sites excluding steroid dienone is 1. The number of thiazole rings is 1. The fourth-order valence-electron chi connectivity index (χ4n) is 4.61. The Morgan fingerprint density at radius 2 is 2.26 bits per heavy atom. The lowest BCUT2D eigenvalue weighted by atomic mass is 9.91. The number of aromatic nitrogens is 2. The Kier molecular flexibility index (Phi) is 6.38. The highest BCUT2D eigenvalue weighted by molar-refractivity contribution is 7.19. The van der Waals surface area contributed by atoms with Crippen molar-refractivity contribution in [2.75, 3.05) is 36.6 Å². The maximum atomic E-state index is 13.7. The number of H-pyrrole nitrogens is 1. The molecule has 2 aromatic rings. The van der Waals surface area contributed by atoms with Crippen LogP contribution in [0.5, 0.6) is 0 Å². The number of hydrogen-bond acceptors (Lipinski definition) is 8. The smallest absolute Gasteiger partial charge is 0.270 e. The zero-order chi connectivity index (χ0) is 24.7. The normalized spacial score (nSPS) is 23.1. The van der Waals surface area contributed by atoms with Crippen LogP contribution in [0.1, 0.15) is 23.3 Å². The summed E-state index contributed by atoms with van der Waals surface area (Å²) < 4.78 is 28.0. The predicted octanol–water partition coefficient (Wildman–Crippen LogP) is 3.27. The number of aromatic amines is 1. The van der Waals surface area contributed by atoms with E-state index < -0.39 is 18.4 Å². The lowest BCUT2D eigenvalue weighted by Gasteiger charge is -2.29. The summed E-state index contributed by atoms with van der Waals surface area (Å²) in [6, 6.07) is 1.54. The molecule has 2 atom stereocenters. The first-order valence-corrected chi connectivity index (χ1v) is 12.3. The predicted molar refractivity (Wildman–Crippen MR) is 130 cm³/mol. The summed E-state index contributed by atoms with van der Waals surface area (Å²) in [4.78, 5) is 36.8. The molecule has 2 aromatic heterocycles. The summed E-state index contributed by atoms with van der Waals surface area (Å²) in [5.41, 5.74) is 7.88. The van der Waals surface area contributed by atoms with E-state index in [9.17, 15) is 18.4 Å². The second-order valence-electron chi connectivity index (χ2n) is 8.63. The maximum absolute atomic E-state index is 13.7. The molecule has 0 bridgehead atoms. The van der Waals surface area contributed by atoms with Crippen LogP contribution in [-0.2, 0) is 4.79 Å². The van der Waals surface area contributed by atoms with Gasteiger partial charge in [0.15, 0.2) is 5.13 Å². The van der Waals surface area contributed by atoms with Crippen molar-refractivity contribution >= 4 is 51.8 Å². The molecule has 13 heteroatoms. The van der Waals surface area contributed by atoms with Crippen LogP contribution >= 0.6 is 22.9 Å². The quantitative estimate of drug-likeness (QED) is 0.378. The fourth-order valence-corrected chi connectivity index (χ4v) is 5.52. The average molecular weight is 524 g/mol. The second-order valence-corrected chi connectivity index (χ2v) is 10.3. The number of carbonyl (C=O) groups excluding carboxylic acids is 2. The lowest BCUT2D eigenvalue weighted by molar-refractivity contribution is -0.108. The van der Waals surface area contributed by atoms with Gasteiger partial charge in [0.05, 0.1) is 18.4 Å². The van der Waals surface area contributed by atoms with Crippen molar-refractivity contribution in [1.29, 1.82) is 0 Å². The van der Waals surface area contributed by atoms with Crippen LogP contribution in [0, 0.1) is 5.92 Å². The summed E-state index contributed by atoms with van der Waals surface area (Å²) in [5.74, 6) is -2.70. The third-order valence-electron chi connectivity index (χ3n) is 6.32. The zero-order valence-corrected chi connectivity index (χ0v) is 20.4. The van der Waals surface area contributed by atoms with E-state index >= 15 is 0 Å². The van der Waals surface area contributed by atoms with Gasteiger partial charge in [-0.3, -0.25) is 20.5 Å². The number of hydrogen-bond donors (Lipinski definition) is 3. The molecule has 3 N–H and O–H groups in total.